The minimum atomic E-state index is -4.41. The molecule has 4 aromatic rings. The molecule has 1 aromatic heterocycles. The summed E-state index contributed by atoms with van der Waals surface area (Å²) in [7, 11) is 2.06. The van der Waals surface area contributed by atoms with Crippen LogP contribution in [0.25, 0.3) is 22.0 Å². The standard InChI is InChI=1S/C31H28F3N3.CH3NO/c1-22-7-9-26(18-25(22)10-8-23-15-27-5-3-4-6-30(27)35-20-23)28-16-24(17-29(19-28)31(32,33)34)21-37-13-11-36(2)12-14-37;2-1-3/h3-7,9,15-20H,11-14,21H2,1-2H3;1H,(H2,2,3). The first-order valence-electron chi connectivity index (χ1n) is 12.9. The van der Waals surface area contributed by atoms with Gasteiger partial charge in [-0.25, -0.2) is 0 Å². The number of carbonyl (C=O) groups excluding carboxylic acids is 1. The van der Waals surface area contributed by atoms with Gasteiger partial charge in [0.1, 0.15) is 0 Å². The Morgan fingerprint density at radius 1 is 0.950 bits per heavy atom. The minimum Gasteiger partial charge on any atom is -0.372 e. The fourth-order valence-electron chi connectivity index (χ4n) is 4.59. The summed E-state index contributed by atoms with van der Waals surface area (Å²) in [6.07, 6.45) is -2.42. The number of benzene rings is 3. The molecule has 40 heavy (non-hydrogen) atoms. The molecule has 1 aliphatic heterocycles. The lowest BCUT2D eigenvalue weighted by molar-refractivity contribution is -0.137. The molecule has 3 aromatic carbocycles. The van der Waals surface area contributed by atoms with Gasteiger partial charge in [-0.1, -0.05) is 42.2 Å². The number of alkyl halides is 3. The number of para-hydroxylation sites is 1. The molecule has 2 heterocycles. The first-order valence-corrected chi connectivity index (χ1v) is 12.9. The van der Waals surface area contributed by atoms with Crippen molar-refractivity contribution in [1.82, 2.24) is 14.8 Å². The van der Waals surface area contributed by atoms with E-state index in [0.717, 1.165) is 59.3 Å². The third-order valence-corrected chi connectivity index (χ3v) is 6.83. The van der Waals surface area contributed by atoms with Crippen LogP contribution in [0.15, 0.2) is 72.9 Å². The number of aryl methyl sites for hydroxylation is 1. The first kappa shape index (κ1) is 28.8. The number of aromatic nitrogens is 1. The summed E-state index contributed by atoms with van der Waals surface area (Å²) in [6, 6.07) is 19.9. The van der Waals surface area contributed by atoms with Gasteiger partial charge in [0, 0.05) is 55.4 Å². The number of halogens is 3. The van der Waals surface area contributed by atoms with E-state index in [2.05, 4.69) is 39.4 Å². The van der Waals surface area contributed by atoms with Gasteiger partial charge in [0.05, 0.1) is 11.1 Å². The number of carbonyl (C=O) groups is 1. The number of piperazine rings is 1. The summed E-state index contributed by atoms with van der Waals surface area (Å²) >= 11 is 0. The molecule has 0 aliphatic carbocycles. The number of fused-ring (bicyclic) bond motifs is 1. The number of pyridine rings is 1. The van der Waals surface area contributed by atoms with E-state index in [1.807, 2.05) is 61.5 Å². The Bertz CT molecular complexity index is 1550. The second-order valence-electron chi connectivity index (χ2n) is 9.83. The molecule has 8 heteroatoms. The Labute approximate surface area is 232 Å². The normalized spacial score (nSPS) is 14.1. The van der Waals surface area contributed by atoms with Gasteiger partial charge >= 0.3 is 6.18 Å². The summed E-state index contributed by atoms with van der Waals surface area (Å²) in [4.78, 5) is 17.5. The molecule has 5 rings (SSSR count). The lowest BCUT2D eigenvalue weighted by atomic mass is 9.96. The summed E-state index contributed by atoms with van der Waals surface area (Å²) in [5.41, 5.74) is 8.93. The fraction of sp³-hybridized carbons (Fsp3) is 0.250. The molecular weight excluding hydrogens is 513 g/mol. The smallest absolute Gasteiger partial charge is 0.372 e. The Balaban J connectivity index is 0.00000118. The van der Waals surface area contributed by atoms with Crippen LogP contribution in [-0.4, -0.2) is 54.4 Å². The van der Waals surface area contributed by atoms with Crippen LogP contribution in [-0.2, 0) is 17.5 Å². The zero-order valence-electron chi connectivity index (χ0n) is 22.5. The monoisotopic (exact) mass is 544 g/mol. The zero-order valence-corrected chi connectivity index (χ0v) is 22.5. The average Bonchev–Trinajstić information content (AvgIpc) is 2.93. The van der Waals surface area contributed by atoms with Crippen LogP contribution in [0, 0.1) is 18.8 Å². The van der Waals surface area contributed by atoms with Crippen LogP contribution in [0.5, 0.6) is 0 Å². The lowest BCUT2D eigenvalue weighted by Gasteiger charge is -2.32. The van der Waals surface area contributed by atoms with Gasteiger partial charge in [0.15, 0.2) is 0 Å². The van der Waals surface area contributed by atoms with E-state index in [0.29, 0.717) is 17.7 Å². The second kappa shape index (κ2) is 12.8. The number of nitrogens with zero attached hydrogens (tertiary/aromatic N) is 3. The molecule has 5 nitrogen and oxygen atoms in total. The fourth-order valence-corrected chi connectivity index (χ4v) is 4.59. The Hall–Kier alpha value is -4.19. The van der Waals surface area contributed by atoms with Crippen molar-refractivity contribution in [1.29, 1.82) is 0 Å². The van der Waals surface area contributed by atoms with Crippen LogP contribution in [0.4, 0.5) is 13.2 Å². The van der Waals surface area contributed by atoms with E-state index in [9.17, 15) is 13.2 Å². The highest BCUT2D eigenvalue weighted by molar-refractivity contribution is 5.79. The largest absolute Gasteiger partial charge is 0.416 e. The molecule has 0 unspecified atom stereocenters. The molecule has 1 saturated heterocycles. The summed E-state index contributed by atoms with van der Waals surface area (Å²) in [6.45, 7) is 5.97. The van der Waals surface area contributed by atoms with Crippen molar-refractivity contribution in [3.8, 4) is 23.0 Å². The highest BCUT2D eigenvalue weighted by Gasteiger charge is 2.31. The van der Waals surface area contributed by atoms with E-state index >= 15 is 0 Å². The maximum atomic E-state index is 13.8. The highest BCUT2D eigenvalue weighted by atomic mass is 19.4. The van der Waals surface area contributed by atoms with Gasteiger partial charge < -0.3 is 10.6 Å². The van der Waals surface area contributed by atoms with Crippen LogP contribution in [0.1, 0.15) is 27.8 Å². The summed E-state index contributed by atoms with van der Waals surface area (Å²) < 4.78 is 41.4. The van der Waals surface area contributed by atoms with Crippen LogP contribution >= 0.6 is 0 Å². The van der Waals surface area contributed by atoms with E-state index in [1.165, 1.54) is 12.1 Å². The maximum absolute atomic E-state index is 13.8. The molecule has 0 spiro atoms. The minimum absolute atomic E-state index is 0.250. The Morgan fingerprint density at radius 2 is 1.68 bits per heavy atom. The number of rotatable bonds is 3. The average molecular weight is 545 g/mol. The van der Waals surface area contributed by atoms with E-state index in [-0.39, 0.29) is 6.41 Å². The topological polar surface area (TPSA) is 62.5 Å². The molecule has 1 fully saturated rings. The quantitative estimate of drug-likeness (QED) is 0.274. The van der Waals surface area contributed by atoms with Gasteiger partial charge in [-0.15, -0.1) is 0 Å². The van der Waals surface area contributed by atoms with Gasteiger partial charge in [0.25, 0.3) is 0 Å². The molecule has 0 saturated carbocycles. The highest BCUT2D eigenvalue weighted by Crippen LogP contribution is 2.34. The van der Waals surface area contributed by atoms with Crippen molar-refractivity contribution < 1.29 is 18.0 Å². The predicted molar refractivity (Wildman–Crippen MR) is 152 cm³/mol. The zero-order chi connectivity index (χ0) is 28.7. The number of hydrogen-bond acceptors (Lipinski definition) is 4. The van der Waals surface area contributed by atoms with Crippen molar-refractivity contribution in [3.05, 3.63) is 101 Å². The van der Waals surface area contributed by atoms with Crippen molar-refractivity contribution in [2.75, 3.05) is 33.2 Å². The third-order valence-electron chi connectivity index (χ3n) is 6.83. The maximum Gasteiger partial charge on any atom is 0.416 e. The Morgan fingerprint density at radius 3 is 2.40 bits per heavy atom. The van der Waals surface area contributed by atoms with Crippen molar-refractivity contribution in [2.45, 2.75) is 19.6 Å². The van der Waals surface area contributed by atoms with Crippen molar-refractivity contribution in [3.63, 3.8) is 0 Å². The van der Waals surface area contributed by atoms with Crippen LogP contribution in [0.2, 0.25) is 0 Å². The third kappa shape index (κ3) is 7.47. The van der Waals surface area contributed by atoms with Crippen LogP contribution < -0.4 is 5.73 Å². The number of amides is 1. The van der Waals surface area contributed by atoms with E-state index in [4.69, 9.17) is 4.79 Å². The number of nitrogens with two attached hydrogens (primary N) is 1. The van der Waals surface area contributed by atoms with Gasteiger partial charge in [-0.3, -0.25) is 14.7 Å². The van der Waals surface area contributed by atoms with Crippen molar-refractivity contribution in [2.24, 2.45) is 5.73 Å². The molecule has 0 atom stereocenters. The molecule has 2 N–H and O–H groups in total. The number of likely N-dealkylation sites (N-methyl/N-ethyl adjacent to an activating group) is 1. The van der Waals surface area contributed by atoms with Crippen molar-refractivity contribution >= 4 is 17.3 Å². The van der Waals surface area contributed by atoms with Gasteiger partial charge in [-0.2, -0.15) is 13.2 Å². The molecule has 1 aliphatic rings. The number of primary amides is 1. The second-order valence-corrected chi connectivity index (χ2v) is 9.83. The molecular formula is C32H31F3N4O. The summed E-state index contributed by atoms with van der Waals surface area (Å²) in [5, 5.41) is 1.01. The Kier molecular flexibility index (Phi) is 9.20. The van der Waals surface area contributed by atoms with E-state index in [1.54, 1.807) is 6.20 Å². The molecule has 206 valence electrons. The van der Waals surface area contributed by atoms with Crippen LogP contribution in [0.3, 0.4) is 0 Å². The lowest BCUT2D eigenvalue weighted by Crippen LogP contribution is -2.43. The van der Waals surface area contributed by atoms with Gasteiger partial charge in [-0.05, 0) is 72.6 Å². The first-order chi connectivity index (χ1) is 19.2. The van der Waals surface area contributed by atoms with Gasteiger partial charge in [0.2, 0.25) is 6.41 Å². The molecule has 0 bridgehead atoms. The SMILES string of the molecule is Cc1ccc(-c2cc(CN3CCN(C)CC3)cc(C(F)(F)F)c2)cc1C#Cc1cnc2ccccc2c1.NC=O. The predicted octanol–water partition coefficient (Wildman–Crippen LogP) is 5.48. The number of hydrogen-bond donors (Lipinski definition) is 1. The molecule has 0 radical (unpaired) electrons. The molecule has 1 amide bonds. The van der Waals surface area contributed by atoms with E-state index < -0.39 is 11.7 Å². The summed E-state index contributed by atoms with van der Waals surface area (Å²) in [5.74, 6) is 6.38.